The largest absolute Gasteiger partial charge is 0.0836 e. The second-order valence-corrected chi connectivity index (χ2v) is 11.7. The van der Waals surface area contributed by atoms with Crippen LogP contribution in [0.4, 0.5) is 0 Å². The highest BCUT2D eigenvalue weighted by Gasteiger charge is 2.24. The van der Waals surface area contributed by atoms with Gasteiger partial charge in [-0.1, -0.05) is 132 Å². The average Bonchev–Trinajstić information content (AvgIpc) is 2.99. The molecule has 0 heterocycles. The van der Waals surface area contributed by atoms with Crippen LogP contribution in [0.2, 0.25) is 0 Å². The molecule has 0 radical (unpaired) electrons. The third kappa shape index (κ3) is 4.52. The van der Waals surface area contributed by atoms with Gasteiger partial charge < -0.3 is 0 Å². The van der Waals surface area contributed by atoms with Gasteiger partial charge in [0.1, 0.15) is 0 Å². The summed E-state index contributed by atoms with van der Waals surface area (Å²) in [4.78, 5) is 0. The maximum Gasteiger partial charge on any atom is -0.00295 e. The first-order chi connectivity index (χ1) is 19.5. The minimum Gasteiger partial charge on any atom is -0.0836 e. The Morgan fingerprint density at radius 3 is 1.73 bits per heavy atom. The highest BCUT2D eigenvalue weighted by atomic mass is 14.3. The number of rotatable bonds is 2. The molecule has 0 saturated heterocycles. The molecule has 0 aliphatic heterocycles. The molecule has 0 heteroatoms. The van der Waals surface area contributed by atoms with Crippen LogP contribution in [-0.2, 0) is 11.8 Å². The minimum absolute atomic E-state index is 0.0771. The molecule has 0 amide bonds. The summed E-state index contributed by atoms with van der Waals surface area (Å²) in [5, 5.41) is 7.86. The fourth-order valence-corrected chi connectivity index (χ4v) is 6.23. The molecule has 40 heavy (non-hydrogen) atoms. The van der Waals surface area contributed by atoms with Crippen molar-refractivity contribution in [2.45, 2.75) is 52.9 Å². The van der Waals surface area contributed by atoms with Gasteiger partial charge in [-0.05, 0) is 108 Å². The Morgan fingerprint density at radius 1 is 0.550 bits per heavy atom. The summed E-state index contributed by atoms with van der Waals surface area (Å²) < 4.78 is 0. The Labute approximate surface area is 239 Å². The van der Waals surface area contributed by atoms with Crippen molar-refractivity contribution in [2.75, 3.05) is 0 Å². The van der Waals surface area contributed by atoms with Crippen LogP contribution >= 0.6 is 0 Å². The van der Waals surface area contributed by atoms with E-state index in [4.69, 9.17) is 0 Å². The van der Waals surface area contributed by atoms with Crippen molar-refractivity contribution in [3.05, 3.63) is 126 Å². The monoisotopic (exact) mass is 518 g/mol. The standard InChI is InChI=1S/C38H32.C2H6/c1-38(2,3)31-20-21-34-35(24-31)37(30-19-17-26-11-5-7-13-28(26)23-30)33-15-9-8-14-32(33)36(34)29-18-16-25-10-4-6-12-27(25)22-29;1-2/h4-8,10-14,16-24H,9,15H2,1-3H3;1-2H3. The van der Waals surface area contributed by atoms with Crippen LogP contribution < -0.4 is 0 Å². The fourth-order valence-electron chi connectivity index (χ4n) is 6.23. The maximum atomic E-state index is 2.48. The maximum absolute atomic E-state index is 2.48. The molecule has 0 atom stereocenters. The van der Waals surface area contributed by atoms with Crippen LogP contribution in [0.15, 0.2) is 109 Å². The summed E-state index contributed by atoms with van der Waals surface area (Å²) in [6.07, 6.45) is 6.87. The predicted octanol–water partition coefficient (Wildman–Crippen LogP) is 11.8. The Morgan fingerprint density at radius 2 is 1.12 bits per heavy atom. The van der Waals surface area contributed by atoms with Crippen molar-refractivity contribution in [2.24, 2.45) is 0 Å². The van der Waals surface area contributed by atoms with Crippen LogP contribution in [-0.4, -0.2) is 0 Å². The first kappa shape index (κ1) is 26.1. The number of hydrogen-bond donors (Lipinski definition) is 0. The molecule has 0 N–H and O–H groups in total. The van der Waals surface area contributed by atoms with Gasteiger partial charge in [0.25, 0.3) is 0 Å². The van der Waals surface area contributed by atoms with Gasteiger partial charge in [-0.2, -0.15) is 0 Å². The lowest BCUT2D eigenvalue weighted by Crippen LogP contribution is -2.11. The lowest BCUT2D eigenvalue weighted by Gasteiger charge is -2.26. The molecule has 0 unspecified atom stereocenters. The summed E-state index contributed by atoms with van der Waals surface area (Å²) >= 11 is 0. The Bertz CT molecular complexity index is 1890. The molecular formula is C40H38. The van der Waals surface area contributed by atoms with Crippen molar-refractivity contribution < 1.29 is 0 Å². The van der Waals surface area contributed by atoms with E-state index in [1.807, 2.05) is 13.8 Å². The summed E-state index contributed by atoms with van der Waals surface area (Å²) in [5.74, 6) is 0. The van der Waals surface area contributed by atoms with Gasteiger partial charge in [-0.15, -0.1) is 0 Å². The molecule has 1 aliphatic rings. The highest BCUT2D eigenvalue weighted by Crippen LogP contribution is 2.46. The third-order valence-corrected chi connectivity index (χ3v) is 8.24. The first-order valence-corrected chi connectivity index (χ1v) is 14.8. The normalized spacial score (nSPS) is 12.8. The quantitative estimate of drug-likeness (QED) is 0.214. The highest BCUT2D eigenvalue weighted by molar-refractivity contribution is 6.11. The molecular weight excluding hydrogens is 480 g/mol. The van der Waals surface area contributed by atoms with Crippen molar-refractivity contribution in [1.82, 2.24) is 0 Å². The average molecular weight is 519 g/mol. The van der Waals surface area contributed by atoms with Gasteiger partial charge in [-0.25, -0.2) is 0 Å². The molecule has 7 rings (SSSR count). The topological polar surface area (TPSA) is 0 Å². The van der Waals surface area contributed by atoms with E-state index >= 15 is 0 Å². The summed E-state index contributed by atoms with van der Waals surface area (Å²) in [6, 6.07) is 38.6. The molecule has 0 nitrogen and oxygen atoms in total. The second kappa shape index (κ2) is 10.4. The molecule has 0 bridgehead atoms. The van der Waals surface area contributed by atoms with Gasteiger partial charge in [0.15, 0.2) is 0 Å². The predicted molar refractivity (Wildman–Crippen MR) is 177 cm³/mol. The van der Waals surface area contributed by atoms with Crippen LogP contribution in [0.3, 0.4) is 0 Å². The lowest BCUT2D eigenvalue weighted by molar-refractivity contribution is 0.591. The van der Waals surface area contributed by atoms with E-state index in [2.05, 4.69) is 136 Å². The van der Waals surface area contributed by atoms with E-state index in [0.29, 0.717) is 0 Å². The van der Waals surface area contributed by atoms with E-state index in [1.165, 1.54) is 71.3 Å². The molecule has 0 saturated carbocycles. The van der Waals surface area contributed by atoms with Gasteiger partial charge in [0.2, 0.25) is 0 Å². The molecule has 6 aromatic carbocycles. The summed E-state index contributed by atoms with van der Waals surface area (Å²) in [7, 11) is 0. The van der Waals surface area contributed by atoms with Crippen molar-refractivity contribution in [3.63, 3.8) is 0 Å². The molecule has 6 aromatic rings. The zero-order valence-electron chi connectivity index (χ0n) is 24.4. The number of hydrogen-bond acceptors (Lipinski definition) is 0. The summed E-state index contributed by atoms with van der Waals surface area (Å²) in [5.41, 5.74) is 9.69. The Hall–Kier alpha value is -4.16. The lowest BCUT2D eigenvalue weighted by atomic mass is 9.77. The summed E-state index contributed by atoms with van der Waals surface area (Å²) in [6.45, 7) is 10.9. The van der Waals surface area contributed by atoms with E-state index in [1.54, 1.807) is 0 Å². The van der Waals surface area contributed by atoms with E-state index in [9.17, 15) is 0 Å². The van der Waals surface area contributed by atoms with Crippen LogP contribution in [0.5, 0.6) is 0 Å². The first-order valence-electron chi connectivity index (χ1n) is 14.8. The van der Waals surface area contributed by atoms with Crippen molar-refractivity contribution in [1.29, 1.82) is 0 Å². The van der Waals surface area contributed by atoms with Gasteiger partial charge in [0.05, 0.1) is 0 Å². The van der Waals surface area contributed by atoms with E-state index in [-0.39, 0.29) is 5.41 Å². The smallest absolute Gasteiger partial charge is 0.00295 e. The van der Waals surface area contributed by atoms with Crippen LogP contribution in [0.1, 0.15) is 57.7 Å². The van der Waals surface area contributed by atoms with Crippen molar-refractivity contribution >= 4 is 38.4 Å². The fraction of sp³-hybridized carbons (Fsp3) is 0.200. The third-order valence-electron chi connectivity index (χ3n) is 8.24. The molecule has 0 aromatic heterocycles. The number of fused-ring (bicyclic) bond motifs is 4. The van der Waals surface area contributed by atoms with Crippen LogP contribution in [0.25, 0.3) is 60.6 Å². The second-order valence-electron chi connectivity index (χ2n) is 11.7. The SMILES string of the molecule is CC.CC(C)(C)c1ccc2c(-c3ccc4ccccc4c3)c3c(c(-c4ccc5ccccc5c4)c2c1)CCC=C3. The number of allylic oxidation sites excluding steroid dienone is 1. The van der Waals surface area contributed by atoms with Crippen LogP contribution in [0, 0.1) is 0 Å². The van der Waals surface area contributed by atoms with Gasteiger partial charge in [-0.3, -0.25) is 0 Å². The molecule has 1 aliphatic carbocycles. The molecule has 0 fully saturated rings. The molecule has 198 valence electrons. The van der Waals surface area contributed by atoms with Gasteiger partial charge >= 0.3 is 0 Å². The zero-order valence-corrected chi connectivity index (χ0v) is 24.4. The Kier molecular flexibility index (Phi) is 6.80. The zero-order chi connectivity index (χ0) is 27.9. The number of benzene rings is 6. The minimum atomic E-state index is 0.0771. The van der Waals surface area contributed by atoms with E-state index in [0.717, 1.165) is 12.8 Å². The molecule has 0 spiro atoms. The van der Waals surface area contributed by atoms with Gasteiger partial charge in [0, 0.05) is 0 Å². The Balaban J connectivity index is 0.00000142. The van der Waals surface area contributed by atoms with E-state index < -0.39 is 0 Å². The van der Waals surface area contributed by atoms with Crippen molar-refractivity contribution in [3.8, 4) is 22.3 Å².